The smallest absolute Gasteiger partial charge is 0.262 e. The molecular formula is C34H38N4O4. The van der Waals surface area contributed by atoms with E-state index in [4.69, 9.17) is 0 Å². The Bertz CT molecular complexity index is 1440. The summed E-state index contributed by atoms with van der Waals surface area (Å²) in [6.45, 7) is 4.43. The summed E-state index contributed by atoms with van der Waals surface area (Å²) in [6, 6.07) is 14.0. The van der Waals surface area contributed by atoms with Gasteiger partial charge >= 0.3 is 0 Å². The van der Waals surface area contributed by atoms with Gasteiger partial charge in [0.2, 0.25) is 11.8 Å². The topological polar surface area (TPSA) is 90.0 Å². The summed E-state index contributed by atoms with van der Waals surface area (Å²) >= 11 is 0. The van der Waals surface area contributed by atoms with E-state index in [1.165, 1.54) is 44.2 Å². The SMILES string of the molecule is O=C1CCC(N2C(=O)c3ccc(CN4CCN(c5ccc(C67CC8CC(CC(C8)C6)C7)cc5)CC4)cc3C2=O)C(=O)N1. The van der Waals surface area contributed by atoms with Gasteiger partial charge < -0.3 is 4.90 Å². The fourth-order valence-corrected chi connectivity index (χ4v) is 9.53. The van der Waals surface area contributed by atoms with Crippen LogP contribution in [0.3, 0.4) is 0 Å². The third-order valence-electron chi connectivity index (χ3n) is 11.2. The minimum absolute atomic E-state index is 0.118. The van der Waals surface area contributed by atoms with E-state index in [9.17, 15) is 19.2 Å². The highest BCUT2D eigenvalue weighted by Crippen LogP contribution is 2.60. The zero-order valence-corrected chi connectivity index (χ0v) is 24.0. The van der Waals surface area contributed by atoms with Crippen LogP contribution in [0.4, 0.5) is 5.69 Å². The van der Waals surface area contributed by atoms with Gasteiger partial charge in [0.15, 0.2) is 0 Å². The Kier molecular flexibility index (Phi) is 6.07. The second-order valence-corrected chi connectivity index (χ2v) is 13.8. The van der Waals surface area contributed by atoms with Crippen molar-refractivity contribution in [3.8, 4) is 0 Å². The minimum atomic E-state index is -0.937. The number of hydrogen-bond acceptors (Lipinski definition) is 6. The van der Waals surface area contributed by atoms with E-state index in [2.05, 4.69) is 39.4 Å². The lowest BCUT2D eigenvalue weighted by molar-refractivity contribution is -0.136. The van der Waals surface area contributed by atoms with Gasteiger partial charge in [0, 0.05) is 44.8 Å². The number of carbonyl (C=O) groups excluding carboxylic acids is 4. The maximum absolute atomic E-state index is 13.2. The monoisotopic (exact) mass is 566 g/mol. The molecule has 0 spiro atoms. The van der Waals surface area contributed by atoms with E-state index < -0.39 is 23.8 Å². The van der Waals surface area contributed by atoms with Gasteiger partial charge in [-0.25, -0.2) is 0 Å². The highest BCUT2D eigenvalue weighted by atomic mass is 16.2. The van der Waals surface area contributed by atoms with E-state index in [1.807, 2.05) is 6.07 Å². The molecule has 4 bridgehead atoms. The summed E-state index contributed by atoms with van der Waals surface area (Å²) in [6.07, 6.45) is 8.90. The molecule has 42 heavy (non-hydrogen) atoms. The van der Waals surface area contributed by atoms with Crippen molar-refractivity contribution in [3.63, 3.8) is 0 Å². The number of piperazine rings is 1. The second-order valence-electron chi connectivity index (χ2n) is 13.8. The van der Waals surface area contributed by atoms with E-state index in [0.29, 0.717) is 23.1 Å². The molecule has 9 rings (SSSR count). The number of imide groups is 2. The molecule has 2 aromatic carbocycles. The number of nitrogens with zero attached hydrogens (tertiary/aromatic N) is 3. The van der Waals surface area contributed by atoms with Crippen molar-refractivity contribution in [2.24, 2.45) is 17.8 Å². The lowest BCUT2D eigenvalue weighted by atomic mass is 9.48. The zero-order chi connectivity index (χ0) is 28.6. The van der Waals surface area contributed by atoms with Gasteiger partial charge in [-0.15, -0.1) is 0 Å². The average Bonchev–Trinajstić information content (AvgIpc) is 3.22. The molecule has 2 saturated heterocycles. The standard InChI is InChI=1S/C34H38N4O4/c39-30-8-7-29(31(40)35-30)38-32(41)27-6-1-21(16-28(27)33(38)42)20-36-9-11-37(12-10-36)26-4-2-25(3-5-26)34-17-22-13-23(18-34)15-24(14-22)19-34/h1-6,16,22-24,29H,7-15,17-20H2,(H,35,39,40). The molecule has 2 aromatic rings. The largest absolute Gasteiger partial charge is 0.369 e. The van der Waals surface area contributed by atoms with E-state index in [-0.39, 0.29) is 18.7 Å². The Balaban J connectivity index is 0.897. The predicted octanol–water partition coefficient (Wildman–Crippen LogP) is 3.88. The number of nitrogens with one attached hydrogen (secondary N) is 1. The molecule has 6 fully saturated rings. The fourth-order valence-electron chi connectivity index (χ4n) is 9.53. The number of hydrogen-bond donors (Lipinski definition) is 1. The summed E-state index contributed by atoms with van der Waals surface area (Å²) in [5, 5.41) is 2.25. The molecule has 7 aliphatic rings. The average molecular weight is 567 g/mol. The molecule has 8 heteroatoms. The molecule has 4 saturated carbocycles. The number of benzene rings is 2. The molecule has 8 nitrogen and oxygen atoms in total. The summed E-state index contributed by atoms with van der Waals surface area (Å²) in [4.78, 5) is 56.0. The highest BCUT2D eigenvalue weighted by Gasteiger charge is 2.51. The Morgan fingerprint density at radius 2 is 1.40 bits per heavy atom. The van der Waals surface area contributed by atoms with Crippen molar-refractivity contribution in [1.29, 1.82) is 0 Å². The fraction of sp³-hybridized carbons (Fsp3) is 0.529. The van der Waals surface area contributed by atoms with Crippen LogP contribution in [0.1, 0.15) is 83.2 Å². The van der Waals surface area contributed by atoms with Crippen LogP contribution in [0, 0.1) is 17.8 Å². The molecule has 1 atom stereocenters. The van der Waals surface area contributed by atoms with Crippen LogP contribution in [0.15, 0.2) is 42.5 Å². The molecule has 218 valence electrons. The van der Waals surface area contributed by atoms with Gasteiger partial charge in [-0.2, -0.15) is 0 Å². The summed E-state index contributed by atoms with van der Waals surface area (Å²) in [5.41, 5.74) is 4.97. The van der Waals surface area contributed by atoms with E-state index in [1.54, 1.807) is 17.7 Å². The normalized spacial score (nSPS) is 32.5. The van der Waals surface area contributed by atoms with Crippen molar-refractivity contribution >= 4 is 29.3 Å². The summed E-state index contributed by atoms with van der Waals surface area (Å²) < 4.78 is 0. The lowest BCUT2D eigenvalue weighted by Gasteiger charge is -2.57. The lowest BCUT2D eigenvalue weighted by Crippen LogP contribution is -2.54. The number of anilines is 1. The molecule has 3 heterocycles. The maximum atomic E-state index is 13.2. The first-order valence-electron chi connectivity index (χ1n) is 15.8. The molecule has 0 aromatic heterocycles. The molecule has 0 radical (unpaired) electrons. The first-order chi connectivity index (χ1) is 20.3. The molecule has 4 aliphatic carbocycles. The first-order valence-corrected chi connectivity index (χ1v) is 15.8. The van der Waals surface area contributed by atoms with Crippen LogP contribution < -0.4 is 10.2 Å². The Hall–Kier alpha value is -3.52. The number of rotatable bonds is 5. The van der Waals surface area contributed by atoms with Crippen molar-refractivity contribution in [3.05, 3.63) is 64.7 Å². The van der Waals surface area contributed by atoms with Crippen LogP contribution in [-0.4, -0.2) is 65.6 Å². The maximum Gasteiger partial charge on any atom is 0.262 e. The Morgan fingerprint density at radius 1 is 0.762 bits per heavy atom. The van der Waals surface area contributed by atoms with Crippen molar-refractivity contribution in [1.82, 2.24) is 15.1 Å². The number of carbonyl (C=O) groups is 4. The summed E-state index contributed by atoms with van der Waals surface area (Å²) in [5.74, 6) is 1.01. The summed E-state index contributed by atoms with van der Waals surface area (Å²) in [7, 11) is 0. The minimum Gasteiger partial charge on any atom is -0.369 e. The van der Waals surface area contributed by atoms with E-state index in [0.717, 1.165) is 54.4 Å². The van der Waals surface area contributed by atoms with Gasteiger partial charge in [-0.05, 0) is 104 Å². The van der Waals surface area contributed by atoms with Gasteiger partial charge in [-0.1, -0.05) is 18.2 Å². The van der Waals surface area contributed by atoms with Gasteiger partial charge in [-0.3, -0.25) is 34.3 Å². The van der Waals surface area contributed by atoms with Crippen molar-refractivity contribution in [2.75, 3.05) is 31.1 Å². The highest BCUT2D eigenvalue weighted by molar-refractivity contribution is 6.23. The third-order valence-corrected chi connectivity index (χ3v) is 11.2. The number of fused-ring (bicyclic) bond motifs is 1. The zero-order valence-electron chi connectivity index (χ0n) is 24.0. The first kappa shape index (κ1) is 26.1. The van der Waals surface area contributed by atoms with Crippen LogP contribution in [0.25, 0.3) is 0 Å². The molecule has 1 N–H and O–H groups in total. The molecular weight excluding hydrogens is 528 g/mol. The quantitative estimate of drug-likeness (QED) is 0.553. The van der Waals surface area contributed by atoms with Gasteiger partial charge in [0.25, 0.3) is 11.8 Å². The molecule has 3 aliphatic heterocycles. The van der Waals surface area contributed by atoms with Crippen LogP contribution in [-0.2, 0) is 21.5 Å². The van der Waals surface area contributed by atoms with Crippen LogP contribution >= 0.6 is 0 Å². The Morgan fingerprint density at radius 3 is 2.05 bits per heavy atom. The number of amides is 4. The second kappa shape index (κ2) is 9.76. The van der Waals surface area contributed by atoms with Gasteiger partial charge in [0.1, 0.15) is 6.04 Å². The van der Waals surface area contributed by atoms with Crippen molar-refractivity contribution in [2.45, 2.75) is 69.4 Å². The van der Waals surface area contributed by atoms with Crippen LogP contribution in [0.2, 0.25) is 0 Å². The van der Waals surface area contributed by atoms with Gasteiger partial charge in [0.05, 0.1) is 11.1 Å². The molecule has 1 unspecified atom stereocenters. The predicted molar refractivity (Wildman–Crippen MR) is 157 cm³/mol. The van der Waals surface area contributed by atoms with Crippen molar-refractivity contribution < 1.29 is 19.2 Å². The molecule has 4 amide bonds. The third kappa shape index (κ3) is 4.29. The Labute approximate surface area is 246 Å². The van der Waals surface area contributed by atoms with Crippen LogP contribution in [0.5, 0.6) is 0 Å². The number of piperidine rings is 1. The van der Waals surface area contributed by atoms with E-state index >= 15 is 0 Å².